The molecule has 1 saturated heterocycles. The third-order valence-electron chi connectivity index (χ3n) is 4.39. The number of carbonyl (C=O) groups excluding carboxylic acids is 1. The van der Waals surface area contributed by atoms with Gasteiger partial charge in [-0.1, -0.05) is 18.2 Å². The molecule has 1 aromatic carbocycles. The number of esters is 1. The molecule has 0 radical (unpaired) electrons. The second-order valence-corrected chi connectivity index (χ2v) is 6.15. The van der Waals surface area contributed by atoms with Crippen LogP contribution in [-0.2, 0) is 9.53 Å². The smallest absolute Gasteiger partial charge is 0.348 e. The average Bonchev–Trinajstić information content (AvgIpc) is 3.28. The number of para-hydroxylation sites is 1. The normalized spacial score (nSPS) is 14.3. The van der Waals surface area contributed by atoms with Crippen LogP contribution in [0.2, 0.25) is 0 Å². The first-order valence-electron chi connectivity index (χ1n) is 8.84. The Morgan fingerprint density at radius 3 is 2.62 bits per heavy atom. The van der Waals surface area contributed by atoms with Gasteiger partial charge in [0.15, 0.2) is 0 Å². The predicted octanol–water partition coefficient (Wildman–Crippen LogP) is 3.25. The Balaban J connectivity index is 2.14. The second-order valence-electron chi connectivity index (χ2n) is 6.15. The molecule has 1 aliphatic heterocycles. The summed E-state index contributed by atoms with van der Waals surface area (Å²) in [4.78, 5) is 14.3. The van der Waals surface area contributed by atoms with E-state index in [0.717, 1.165) is 48.7 Å². The van der Waals surface area contributed by atoms with E-state index in [9.17, 15) is 10.1 Å². The highest BCUT2D eigenvalue weighted by Gasteiger charge is 2.24. The first-order chi connectivity index (χ1) is 12.7. The van der Waals surface area contributed by atoms with Crippen molar-refractivity contribution in [1.82, 2.24) is 9.78 Å². The van der Waals surface area contributed by atoms with Crippen LogP contribution in [0.5, 0.6) is 0 Å². The lowest BCUT2D eigenvalue weighted by Gasteiger charge is -2.20. The van der Waals surface area contributed by atoms with Crippen molar-refractivity contribution in [1.29, 1.82) is 5.26 Å². The predicted molar refractivity (Wildman–Crippen MR) is 100.0 cm³/mol. The van der Waals surface area contributed by atoms with Gasteiger partial charge < -0.3 is 9.64 Å². The summed E-state index contributed by atoms with van der Waals surface area (Å²) in [6.07, 6.45) is 3.84. The molecule has 134 valence electrons. The molecule has 2 heterocycles. The van der Waals surface area contributed by atoms with Crippen LogP contribution in [-0.4, -0.2) is 35.4 Å². The number of aryl methyl sites for hydroxylation is 1. The van der Waals surface area contributed by atoms with Crippen LogP contribution in [0.4, 0.5) is 5.82 Å². The summed E-state index contributed by atoms with van der Waals surface area (Å²) in [5, 5.41) is 14.1. The summed E-state index contributed by atoms with van der Waals surface area (Å²) in [6, 6.07) is 11.8. The number of hydrogen-bond donors (Lipinski definition) is 0. The number of anilines is 1. The van der Waals surface area contributed by atoms with Crippen molar-refractivity contribution in [2.75, 3.05) is 24.6 Å². The number of aromatic nitrogens is 2. The molecule has 0 aliphatic carbocycles. The van der Waals surface area contributed by atoms with Gasteiger partial charge in [0.05, 0.1) is 18.0 Å². The molecule has 26 heavy (non-hydrogen) atoms. The Morgan fingerprint density at radius 2 is 2.00 bits per heavy atom. The molecule has 1 aromatic heterocycles. The Labute approximate surface area is 153 Å². The molecule has 3 rings (SSSR count). The first-order valence-corrected chi connectivity index (χ1v) is 8.84. The largest absolute Gasteiger partial charge is 0.462 e. The van der Waals surface area contributed by atoms with Crippen molar-refractivity contribution in [3.63, 3.8) is 0 Å². The maximum Gasteiger partial charge on any atom is 0.348 e. The number of carbonyl (C=O) groups is 1. The molecule has 6 nitrogen and oxygen atoms in total. The minimum atomic E-state index is -0.603. The molecule has 1 aliphatic rings. The summed E-state index contributed by atoms with van der Waals surface area (Å²) >= 11 is 0. The van der Waals surface area contributed by atoms with Crippen LogP contribution in [0, 0.1) is 18.3 Å². The molecular formula is C20H22N4O2. The van der Waals surface area contributed by atoms with Crippen molar-refractivity contribution < 1.29 is 9.53 Å². The SMILES string of the molecule is CCOC(=O)C(C#N)=Cc1c(C)nn(-c2ccccc2)c1N1CCCC1. The molecule has 6 heteroatoms. The Hall–Kier alpha value is -3.07. The number of rotatable bonds is 5. The van der Waals surface area contributed by atoms with Gasteiger partial charge >= 0.3 is 5.97 Å². The Morgan fingerprint density at radius 1 is 1.31 bits per heavy atom. The van der Waals surface area contributed by atoms with E-state index in [1.165, 1.54) is 0 Å². The number of nitriles is 1. The summed E-state index contributed by atoms with van der Waals surface area (Å²) in [7, 11) is 0. The monoisotopic (exact) mass is 350 g/mol. The van der Waals surface area contributed by atoms with Gasteiger partial charge in [0, 0.05) is 18.7 Å². The first kappa shape index (κ1) is 17.7. The molecule has 0 bridgehead atoms. The van der Waals surface area contributed by atoms with Crippen LogP contribution in [0.25, 0.3) is 11.8 Å². The lowest BCUT2D eigenvalue weighted by atomic mass is 10.1. The van der Waals surface area contributed by atoms with Gasteiger partial charge in [-0.2, -0.15) is 10.4 Å². The average molecular weight is 350 g/mol. The van der Waals surface area contributed by atoms with Gasteiger partial charge in [-0.15, -0.1) is 0 Å². The Kier molecular flexibility index (Phi) is 5.37. The summed E-state index contributed by atoms with van der Waals surface area (Å²) < 4.78 is 6.89. The standard InChI is InChI=1S/C20H22N4O2/c1-3-26-20(25)16(14-21)13-18-15(2)22-24(17-9-5-4-6-10-17)19(18)23-11-7-8-12-23/h4-6,9-10,13H,3,7-8,11-12H2,1-2H3. The van der Waals surface area contributed by atoms with Crippen molar-refractivity contribution in [2.45, 2.75) is 26.7 Å². The molecule has 0 spiro atoms. The van der Waals surface area contributed by atoms with E-state index in [-0.39, 0.29) is 12.2 Å². The fourth-order valence-electron chi connectivity index (χ4n) is 3.17. The second kappa shape index (κ2) is 7.87. The summed E-state index contributed by atoms with van der Waals surface area (Å²) in [5.41, 5.74) is 2.50. The summed E-state index contributed by atoms with van der Waals surface area (Å²) in [5.74, 6) is 0.317. The van der Waals surface area contributed by atoms with Crippen molar-refractivity contribution in [3.05, 3.63) is 47.2 Å². The maximum atomic E-state index is 12.0. The van der Waals surface area contributed by atoms with E-state index in [4.69, 9.17) is 4.74 Å². The highest BCUT2D eigenvalue weighted by atomic mass is 16.5. The lowest BCUT2D eigenvalue weighted by molar-refractivity contribution is -0.137. The van der Waals surface area contributed by atoms with Gasteiger partial charge in [0.2, 0.25) is 0 Å². The van der Waals surface area contributed by atoms with E-state index < -0.39 is 5.97 Å². The minimum Gasteiger partial charge on any atom is -0.462 e. The number of ether oxygens (including phenoxy) is 1. The molecular weight excluding hydrogens is 328 g/mol. The number of hydrogen-bond acceptors (Lipinski definition) is 5. The zero-order valence-electron chi connectivity index (χ0n) is 15.1. The Bertz CT molecular complexity index is 856. The van der Waals surface area contributed by atoms with Crippen molar-refractivity contribution in [2.24, 2.45) is 0 Å². The van der Waals surface area contributed by atoms with Gasteiger partial charge in [-0.05, 0) is 44.9 Å². The number of benzene rings is 1. The molecule has 0 amide bonds. The third kappa shape index (κ3) is 3.47. The van der Waals surface area contributed by atoms with E-state index >= 15 is 0 Å². The van der Waals surface area contributed by atoms with Gasteiger partial charge in [-0.3, -0.25) is 0 Å². The van der Waals surface area contributed by atoms with Crippen LogP contribution < -0.4 is 4.90 Å². The fourth-order valence-corrected chi connectivity index (χ4v) is 3.17. The molecule has 2 aromatic rings. The molecule has 0 saturated carbocycles. The summed E-state index contributed by atoms with van der Waals surface area (Å²) in [6.45, 7) is 5.71. The molecule has 0 unspecified atom stereocenters. The zero-order valence-corrected chi connectivity index (χ0v) is 15.1. The minimum absolute atomic E-state index is 0.0111. The van der Waals surface area contributed by atoms with E-state index in [0.29, 0.717) is 0 Å². The highest BCUT2D eigenvalue weighted by molar-refractivity contribution is 5.99. The highest BCUT2D eigenvalue weighted by Crippen LogP contribution is 2.31. The quantitative estimate of drug-likeness (QED) is 0.470. The van der Waals surface area contributed by atoms with E-state index in [1.807, 2.05) is 48.0 Å². The van der Waals surface area contributed by atoms with Crippen LogP contribution in [0.1, 0.15) is 31.0 Å². The third-order valence-corrected chi connectivity index (χ3v) is 4.39. The van der Waals surface area contributed by atoms with Gasteiger partial charge in [0.1, 0.15) is 17.5 Å². The van der Waals surface area contributed by atoms with E-state index in [2.05, 4.69) is 10.00 Å². The topological polar surface area (TPSA) is 71.1 Å². The van der Waals surface area contributed by atoms with Gasteiger partial charge in [-0.25, -0.2) is 9.48 Å². The molecule has 1 fully saturated rings. The van der Waals surface area contributed by atoms with Gasteiger partial charge in [0.25, 0.3) is 0 Å². The molecule has 0 N–H and O–H groups in total. The lowest BCUT2D eigenvalue weighted by Crippen LogP contribution is -2.22. The van der Waals surface area contributed by atoms with Crippen molar-refractivity contribution in [3.8, 4) is 11.8 Å². The van der Waals surface area contributed by atoms with Crippen LogP contribution in [0.3, 0.4) is 0 Å². The zero-order chi connectivity index (χ0) is 18.5. The maximum absolute atomic E-state index is 12.0. The van der Waals surface area contributed by atoms with Crippen molar-refractivity contribution >= 4 is 17.9 Å². The molecule has 0 atom stereocenters. The fraction of sp³-hybridized carbons (Fsp3) is 0.350. The van der Waals surface area contributed by atoms with Crippen LogP contribution in [0.15, 0.2) is 35.9 Å². The van der Waals surface area contributed by atoms with E-state index in [1.54, 1.807) is 13.0 Å². The number of nitrogens with zero attached hydrogens (tertiary/aromatic N) is 4. The van der Waals surface area contributed by atoms with Crippen LogP contribution >= 0.6 is 0 Å².